The Hall–Kier alpha value is -2.25. The van der Waals surface area contributed by atoms with Crippen molar-refractivity contribution >= 4 is 0 Å². The second-order valence-corrected chi connectivity index (χ2v) is 4.35. The van der Waals surface area contributed by atoms with E-state index in [1.165, 1.54) is 0 Å². The van der Waals surface area contributed by atoms with E-state index in [1.807, 2.05) is 42.1 Å². The van der Waals surface area contributed by atoms with E-state index in [1.54, 1.807) is 6.20 Å². The zero-order valence-electron chi connectivity index (χ0n) is 11.5. The number of nitrogens with zero attached hydrogens (tertiary/aromatic N) is 2. The van der Waals surface area contributed by atoms with Crippen molar-refractivity contribution in [2.24, 2.45) is 7.05 Å². The van der Waals surface area contributed by atoms with Crippen molar-refractivity contribution in [3.63, 3.8) is 0 Å². The van der Waals surface area contributed by atoms with Gasteiger partial charge in [0.15, 0.2) is 0 Å². The Bertz CT molecular complexity index is 608. The van der Waals surface area contributed by atoms with Crippen LogP contribution in [0.1, 0.15) is 17.7 Å². The van der Waals surface area contributed by atoms with E-state index in [0.29, 0.717) is 13.0 Å². The van der Waals surface area contributed by atoms with Crippen LogP contribution in [0.5, 0.6) is 5.75 Å². The Morgan fingerprint density at radius 3 is 3.00 bits per heavy atom. The molecule has 0 amide bonds. The van der Waals surface area contributed by atoms with Crippen LogP contribution in [0, 0.1) is 11.8 Å². The molecule has 1 aromatic carbocycles. The minimum Gasteiger partial charge on any atom is -0.493 e. The maximum Gasteiger partial charge on any atom is 0.120 e. The van der Waals surface area contributed by atoms with Crippen molar-refractivity contribution in [2.75, 3.05) is 13.2 Å². The van der Waals surface area contributed by atoms with Gasteiger partial charge in [0.05, 0.1) is 13.2 Å². The third kappa shape index (κ3) is 4.15. The minimum absolute atomic E-state index is 0.0912. The maximum atomic E-state index is 8.69. The lowest BCUT2D eigenvalue weighted by molar-refractivity contribution is 0.305. The van der Waals surface area contributed by atoms with Gasteiger partial charge in [-0.2, -0.15) is 5.10 Å². The number of benzene rings is 1. The van der Waals surface area contributed by atoms with Gasteiger partial charge in [-0.25, -0.2) is 0 Å². The first-order valence-corrected chi connectivity index (χ1v) is 6.59. The minimum atomic E-state index is 0.0912. The summed E-state index contributed by atoms with van der Waals surface area (Å²) < 4.78 is 7.57. The molecular formula is C16H18N2O2. The fourth-order valence-corrected chi connectivity index (χ4v) is 1.80. The van der Waals surface area contributed by atoms with Gasteiger partial charge in [0.25, 0.3) is 0 Å². The molecule has 0 aliphatic heterocycles. The zero-order chi connectivity index (χ0) is 14.2. The molecule has 0 fully saturated rings. The summed E-state index contributed by atoms with van der Waals surface area (Å²) in [5, 5.41) is 12.8. The van der Waals surface area contributed by atoms with Gasteiger partial charge in [0.1, 0.15) is 5.75 Å². The fraction of sp³-hybridized carbons (Fsp3) is 0.312. The number of hydrogen-bond acceptors (Lipinski definition) is 3. The average Bonchev–Trinajstić information content (AvgIpc) is 2.85. The SMILES string of the molecule is Cn1nccc1CCOc1cccc(C#CCCO)c1. The molecule has 4 nitrogen and oxygen atoms in total. The van der Waals surface area contributed by atoms with E-state index in [-0.39, 0.29) is 6.61 Å². The van der Waals surface area contributed by atoms with E-state index >= 15 is 0 Å². The van der Waals surface area contributed by atoms with Crippen LogP contribution in [0.4, 0.5) is 0 Å². The Kier molecular flexibility index (Phi) is 5.22. The van der Waals surface area contributed by atoms with Crippen LogP contribution < -0.4 is 4.74 Å². The number of rotatable bonds is 5. The molecule has 0 unspecified atom stereocenters. The van der Waals surface area contributed by atoms with Crippen LogP contribution in [-0.4, -0.2) is 28.1 Å². The number of aromatic nitrogens is 2. The molecule has 4 heteroatoms. The Morgan fingerprint density at radius 2 is 2.25 bits per heavy atom. The molecule has 0 bridgehead atoms. The number of aliphatic hydroxyl groups excluding tert-OH is 1. The lowest BCUT2D eigenvalue weighted by Crippen LogP contribution is -2.05. The molecule has 104 valence electrons. The van der Waals surface area contributed by atoms with Crippen LogP contribution in [0.25, 0.3) is 0 Å². The average molecular weight is 270 g/mol. The largest absolute Gasteiger partial charge is 0.493 e. The van der Waals surface area contributed by atoms with Gasteiger partial charge in [-0.15, -0.1) is 0 Å². The first-order valence-electron chi connectivity index (χ1n) is 6.59. The summed E-state index contributed by atoms with van der Waals surface area (Å²) >= 11 is 0. The lowest BCUT2D eigenvalue weighted by Gasteiger charge is -2.06. The second-order valence-electron chi connectivity index (χ2n) is 4.35. The van der Waals surface area contributed by atoms with Crippen LogP contribution in [0.15, 0.2) is 36.5 Å². The molecule has 0 atom stereocenters. The third-order valence-electron chi connectivity index (χ3n) is 2.85. The molecule has 0 aliphatic carbocycles. The molecular weight excluding hydrogens is 252 g/mol. The molecule has 0 spiro atoms. The molecule has 0 aliphatic rings. The summed E-state index contributed by atoms with van der Waals surface area (Å²) in [6.45, 7) is 0.695. The van der Waals surface area contributed by atoms with Crippen LogP contribution in [0.3, 0.4) is 0 Å². The lowest BCUT2D eigenvalue weighted by atomic mass is 10.2. The number of aliphatic hydroxyl groups is 1. The van der Waals surface area contributed by atoms with Gasteiger partial charge in [0, 0.05) is 37.3 Å². The van der Waals surface area contributed by atoms with Crippen LogP contribution in [-0.2, 0) is 13.5 Å². The summed E-state index contributed by atoms with van der Waals surface area (Å²) in [5.74, 6) is 6.70. The highest BCUT2D eigenvalue weighted by molar-refractivity contribution is 5.39. The third-order valence-corrected chi connectivity index (χ3v) is 2.85. The first-order chi connectivity index (χ1) is 9.79. The highest BCUT2D eigenvalue weighted by atomic mass is 16.5. The van der Waals surface area contributed by atoms with E-state index < -0.39 is 0 Å². The van der Waals surface area contributed by atoms with Crippen LogP contribution in [0.2, 0.25) is 0 Å². The van der Waals surface area contributed by atoms with Crippen molar-refractivity contribution in [1.82, 2.24) is 9.78 Å². The van der Waals surface area contributed by atoms with E-state index in [4.69, 9.17) is 9.84 Å². The Balaban J connectivity index is 1.89. The van der Waals surface area contributed by atoms with Gasteiger partial charge in [-0.1, -0.05) is 17.9 Å². The standard InChI is InChI=1S/C16H18N2O2/c1-18-15(8-10-17-18)9-12-20-16-7-4-6-14(13-16)5-2-3-11-19/h4,6-8,10,13,19H,3,9,11-12H2,1H3. The summed E-state index contributed by atoms with van der Waals surface area (Å²) in [5.41, 5.74) is 2.04. The predicted octanol–water partition coefficient (Wildman–Crippen LogP) is 1.78. The molecule has 1 aromatic heterocycles. The Morgan fingerprint density at radius 1 is 1.35 bits per heavy atom. The molecule has 1 heterocycles. The van der Waals surface area contributed by atoms with Crippen molar-refractivity contribution in [1.29, 1.82) is 0 Å². The summed E-state index contributed by atoms with van der Waals surface area (Å²) in [6, 6.07) is 9.66. The molecule has 0 radical (unpaired) electrons. The van der Waals surface area contributed by atoms with Gasteiger partial charge in [-0.3, -0.25) is 4.68 Å². The topological polar surface area (TPSA) is 47.3 Å². The van der Waals surface area contributed by atoms with Gasteiger partial charge < -0.3 is 9.84 Å². The molecule has 2 aromatic rings. The van der Waals surface area contributed by atoms with Crippen LogP contribution >= 0.6 is 0 Å². The number of aryl methyl sites for hydroxylation is 1. The summed E-state index contributed by atoms with van der Waals surface area (Å²) in [6.07, 6.45) is 3.09. The highest BCUT2D eigenvalue weighted by Gasteiger charge is 2.00. The van der Waals surface area contributed by atoms with Crippen molar-refractivity contribution in [3.8, 4) is 17.6 Å². The molecule has 20 heavy (non-hydrogen) atoms. The van der Waals surface area contributed by atoms with Crippen molar-refractivity contribution in [2.45, 2.75) is 12.8 Å². The monoisotopic (exact) mass is 270 g/mol. The summed E-state index contributed by atoms with van der Waals surface area (Å²) in [7, 11) is 1.92. The molecule has 0 saturated heterocycles. The maximum absolute atomic E-state index is 8.69. The summed E-state index contributed by atoms with van der Waals surface area (Å²) in [4.78, 5) is 0. The highest BCUT2D eigenvalue weighted by Crippen LogP contribution is 2.13. The normalized spacial score (nSPS) is 9.90. The number of hydrogen-bond donors (Lipinski definition) is 1. The predicted molar refractivity (Wildman–Crippen MR) is 77.4 cm³/mol. The van der Waals surface area contributed by atoms with Gasteiger partial charge in [0.2, 0.25) is 0 Å². The molecule has 0 saturated carbocycles. The molecule has 2 rings (SSSR count). The second kappa shape index (κ2) is 7.37. The van der Waals surface area contributed by atoms with E-state index in [2.05, 4.69) is 16.9 Å². The quantitative estimate of drug-likeness (QED) is 0.842. The zero-order valence-corrected chi connectivity index (χ0v) is 11.5. The first kappa shape index (κ1) is 14.2. The van der Waals surface area contributed by atoms with Crippen molar-refractivity contribution in [3.05, 3.63) is 47.8 Å². The Labute approximate surface area is 119 Å². The van der Waals surface area contributed by atoms with Gasteiger partial charge >= 0.3 is 0 Å². The fourth-order valence-electron chi connectivity index (χ4n) is 1.80. The van der Waals surface area contributed by atoms with Crippen molar-refractivity contribution < 1.29 is 9.84 Å². The van der Waals surface area contributed by atoms with E-state index in [9.17, 15) is 0 Å². The van der Waals surface area contributed by atoms with E-state index in [0.717, 1.165) is 23.4 Å². The van der Waals surface area contributed by atoms with Gasteiger partial charge in [-0.05, 0) is 24.3 Å². The molecule has 1 N–H and O–H groups in total. The smallest absolute Gasteiger partial charge is 0.120 e. The number of ether oxygens (including phenoxy) is 1.